The minimum Gasteiger partial charge on any atom is -0.310 e. The van der Waals surface area contributed by atoms with Gasteiger partial charge in [0.05, 0.1) is 22.1 Å². The molecule has 0 spiro atoms. The fraction of sp³-hybridized carbons (Fsp3) is 0. The van der Waals surface area contributed by atoms with Gasteiger partial charge in [-0.15, -0.1) is 11.3 Å². The zero-order valence-corrected chi connectivity index (χ0v) is 41.6. The summed E-state index contributed by atoms with van der Waals surface area (Å²) in [4.78, 5) is 27.1. The molecule has 8 nitrogen and oxygen atoms in total. The summed E-state index contributed by atoms with van der Waals surface area (Å²) in [6.07, 6.45) is 3.53. The molecule has 0 radical (unpaired) electrons. The van der Waals surface area contributed by atoms with Crippen LogP contribution in [0.25, 0.3) is 121 Å². The van der Waals surface area contributed by atoms with E-state index in [0.29, 0.717) is 29.0 Å². The van der Waals surface area contributed by atoms with Crippen molar-refractivity contribution in [3.8, 4) is 56.9 Å². The van der Waals surface area contributed by atoms with Gasteiger partial charge in [0.15, 0.2) is 11.6 Å². The Hall–Kier alpha value is -10.1. The largest absolute Gasteiger partial charge is 0.310 e. The van der Waals surface area contributed by atoms with Gasteiger partial charge in [-0.05, 0) is 131 Å². The lowest BCUT2D eigenvalue weighted by Gasteiger charge is -2.26. The number of anilines is 3. The topological polar surface area (TPSA) is 77.6 Å². The maximum Gasteiger partial charge on any atom is 0.238 e. The summed E-state index contributed by atoms with van der Waals surface area (Å²) in [5.41, 5.74) is 14.4. The minimum absolute atomic E-state index is 0.463. The number of fused-ring (bicyclic) bond motifs is 9. The summed E-state index contributed by atoms with van der Waals surface area (Å²) >= 11 is 1.84. The van der Waals surface area contributed by atoms with E-state index in [9.17, 15) is 0 Å². The van der Waals surface area contributed by atoms with Crippen molar-refractivity contribution in [2.24, 2.45) is 0 Å². The molecule has 0 N–H and O–H groups in total. The van der Waals surface area contributed by atoms with Crippen molar-refractivity contribution in [3.05, 3.63) is 255 Å². The Bertz CT molecular complexity index is 4610. The van der Waals surface area contributed by atoms with Gasteiger partial charge in [0, 0.05) is 76.9 Å². The highest BCUT2D eigenvalue weighted by Crippen LogP contribution is 2.44. The molecule has 6 aromatic heterocycles. The molecule has 9 heteroatoms. The molecule has 0 aliphatic carbocycles. The second-order valence-corrected chi connectivity index (χ2v) is 20.0. The lowest BCUT2D eigenvalue weighted by Crippen LogP contribution is -2.09. The Morgan fingerprint density at radius 1 is 0.316 bits per heavy atom. The zero-order valence-electron chi connectivity index (χ0n) is 40.7. The maximum absolute atomic E-state index is 5.21. The number of para-hydroxylation sites is 2. The SMILES string of the molecule is c1ccc(-c2ccc(N(c3ccc(-c4ccc5c(c4)c4cc6c(cc4n5-c4nc(-c5ccccn5)nc(-c5ccccn5)n4)c4ccccc4n6-c4ccccc4)cc3)c3ccc4c(c3)sc3ccccc34)cc2)cc1. The third-order valence-electron chi connectivity index (χ3n) is 14.5. The number of thiophene rings is 1. The Balaban J connectivity index is 0.914. The molecule has 0 saturated heterocycles. The number of rotatable bonds is 9. The number of pyridine rings is 2. The third kappa shape index (κ3) is 7.32. The van der Waals surface area contributed by atoms with E-state index in [1.54, 1.807) is 12.4 Å². The number of benzene rings is 9. The van der Waals surface area contributed by atoms with Gasteiger partial charge in [-0.3, -0.25) is 14.5 Å². The summed E-state index contributed by atoms with van der Waals surface area (Å²) in [6, 6.07) is 86.2. The zero-order chi connectivity index (χ0) is 50.1. The molecule has 15 aromatic rings. The molecule has 9 aromatic carbocycles. The first-order chi connectivity index (χ1) is 37.7. The van der Waals surface area contributed by atoms with Crippen molar-refractivity contribution in [2.75, 3.05) is 4.90 Å². The molecule has 0 amide bonds. The summed E-state index contributed by atoms with van der Waals surface area (Å²) < 4.78 is 7.10. The van der Waals surface area contributed by atoms with Crippen molar-refractivity contribution in [2.45, 2.75) is 0 Å². The van der Waals surface area contributed by atoms with Crippen LogP contribution < -0.4 is 4.90 Å². The fourth-order valence-electron chi connectivity index (χ4n) is 11.0. The van der Waals surface area contributed by atoms with Crippen LogP contribution in [-0.2, 0) is 0 Å². The first-order valence-corrected chi connectivity index (χ1v) is 26.1. The molecular weight excluding hydrogens is 949 g/mol. The van der Waals surface area contributed by atoms with E-state index in [1.807, 2.05) is 47.7 Å². The highest BCUT2D eigenvalue weighted by Gasteiger charge is 2.23. The van der Waals surface area contributed by atoms with Crippen LogP contribution in [0.3, 0.4) is 0 Å². The summed E-state index contributed by atoms with van der Waals surface area (Å²) in [5, 5.41) is 6.99. The second kappa shape index (κ2) is 17.8. The number of nitrogens with zero attached hydrogens (tertiary/aromatic N) is 8. The van der Waals surface area contributed by atoms with Crippen LogP contribution in [0.1, 0.15) is 0 Å². The lowest BCUT2D eigenvalue weighted by atomic mass is 10.0. The first-order valence-electron chi connectivity index (χ1n) is 25.3. The van der Waals surface area contributed by atoms with E-state index in [0.717, 1.165) is 77.5 Å². The minimum atomic E-state index is 0.463. The maximum atomic E-state index is 5.21. The van der Waals surface area contributed by atoms with Crippen LogP contribution in [0.5, 0.6) is 0 Å². The Morgan fingerprint density at radius 2 is 0.829 bits per heavy atom. The molecule has 15 rings (SSSR count). The van der Waals surface area contributed by atoms with Crippen LogP contribution in [-0.4, -0.2) is 34.1 Å². The Kier molecular flexibility index (Phi) is 10.2. The summed E-state index contributed by atoms with van der Waals surface area (Å²) in [5.74, 6) is 1.40. The molecule has 0 saturated carbocycles. The van der Waals surface area contributed by atoms with E-state index < -0.39 is 0 Å². The smallest absolute Gasteiger partial charge is 0.238 e. The third-order valence-corrected chi connectivity index (χ3v) is 15.6. The van der Waals surface area contributed by atoms with Gasteiger partial charge in [-0.25, -0.2) is 4.98 Å². The normalized spacial score (nSPS) is 11.7. The van der Waals surface area contributed by atoms with Crippen LogP contribution in [0, 0.1) is 0 Å². The molecule has 0 atom stereocenters. The molecule has 0 bridgehead atoms. The van der Waals surface area contributed by atoms with Crippen molar-refractivity contribution in [1.82, 2.24) is 34.1 Å². The molecule has 6 heterocycles. The molecular formula is C67H42N8S. The molecule has 0 aliphatic heterocycles. The Labute approximate surface area is 440 Å². The van der Waals surface area contributed by atoms with Crippen molar-refractivity contribution in [1.29, 1.82) is 0 Å². The predicted molar refractivity (Wildman–Crippen MR) is 313 cm³/mol. The van der Waals surface area contributed by atoms with Gasteiger partial charge in [0.1, 0.15) is 11.4 Å². The quantitative estimate of drug-likeness (QED) is 0.143. The average Bonchev–Trinajstić information content (AvgIpc) is 4.17. The van der Waals surface area contributed by atoms with Crippen LogP contribution in [0.4, 0.5) is 17.1 Å². The fourth-order valence-corrected chi connectivity index (χ4v) is 12.1. The van der Waals surface area contributed by atoms with E-state index in [4.69, 9.17) is 15.0 Å². The average molecular weight is 991 g/mol. The molecule has 0 fully saturated rings. The van der Waals surface area contributed by atoms with E-state index in [2.05, 4.69) is 230 Å². The van der Waals surface area contributed by atoms with Gasteiger partial charge < -0.3 is 9.47 Å². The van der Waals surface area contributed by atoms with Crippen LogP contribution in [0.15, 0.2) is 255 Å². The number of hydrogen-bond donors (Lipinski definition) is 0. The number of aromatic nitrogens is 7. The van der Waals surface area contributed by atoms with Crippen LogP contribution in [0.2, 0.25) is 0 Å². The number of hydrogen-bond acceptors (Lipinski definition) is 7. The molecule has 0 unspecified atom stereocenters. The van der Waals surface area contributed by atoms with Gasteiger partial charge in [0.25, 0.3) is 0 Å². The van der Waals surface area contributed by atoms with Gasteiger partial charge >= 0.3 is 0 Å². The second-order valence-electron chi connectivity index (χ2n) is 18.9. The van der Waals surface area contributed by atoms with Crippen molar-refractivity contribution < 1.29 is 0 Å². The van der Waals surface area contributed by atoms with E-state index in [-0.39, 0.29) is 0 Å². The Morgan fingerprint density at radius 3 is 1.51 bits per heavy atom. The molecule has 356 valence electrons. The van der Waals surface area contributed by atoms with Crippen LogP contribution >= 0.6 is 11.3 Å². The van der Waals surface area contributed by atoms with Gasteiger partial charge in [-0.2, -0.15) is 9.97 Å². The monoisotopic (exact) mass is 990 g/mol. The standard InChI is InChI=1S/C67H42N8S/c1-3-15-43(16-4-1)44-25-30-48(31-26-44)73(50-34-35-53-52-20-8-10-24-63(52)76-64(53)40-50)49-32-27-45(28-33-49)46-29-36-60-54(39-46)56-42-61-55(51-19-7-9-23-59(51)74(61)47-17-5-2-6-18-47)41-62(56)75(60)67-71-65(57-21-11-13-37-68-57)70-66(72-67)58-22-12-14-38-69-58/h1-42H. The lowest BCUT2D eigenvalue weighted by molar-refractivity contribution is 0.943. The van der Waals surface area contributed by atoms with Gasteiger partial charge in [0.2, 0.25) is 5.95 Å². The van der Waals surface area contributed by atoms with E-state index >= 15 is 0 Å². The van der Waals surface area contributed by atoms with Crippen molar-refractivity contribution >= 4 is 92.2 Å². The van der Waals surface area contributed by atoms with E-state index in [1.165, 1.54) is 31.3 Å². The highest BCUT2D eigenvalue weighted by molar-refractivity contribution is 7.25. The molecule has 76 heavy (non-hydrogen) atoms. The predicted octanol–water partition coefficient (Wildman–Crippen LogP) is 17.4. The summed E-state index contributed by atoms with van der Waals surface area (Å²) in [7, 11) is 0. The van der Waals surface area contributed by atoms with Crippen molar-refractivity contribution in [3.63, 3.8) is 0 Å². The highest BCUT2D eigenvalue weighted by atomic mass is 32.1. The first kappa shape index (κ1) is 43.5. The van der Waals surface area contributed by atoms with Gasteiger partial charge in [-0.1, -0.05) is 133 Å². The molecule has 0 aliphatic rings. The summed E-state index contributed by atoms with van der Waals surface area (Å²) in [6.45, 7) is 0.